The summed E-state index contributed by atoms with van der Waals surface area (Å²) in [5.41, 5.74) is 11.8. The second kappa shape index (κ2) is 8.03. The number of benzene rings is 2. The molecule has 0 spiro atoms. The minimum atomic E-state index is -0.449. The topological polar surface area (TPSA) is 92.9 Å². The Kier molecular flexibility index (Phi) is 5.55. The lowest BCUT2D eigenvalue weighted by molar-refractivity contribution is 0.0962. The van der Waals surface area contributed by atoms with E-state index < -0.39 is 11.7 Å². The Morgan fingerprint density at radius 2 is 1.77 bits per heavy atom. The van der Waals surface area contributed by atoms with Crippen molar-refractivity contribution in [2.45, 2.75) is 9.92 Å². The van der Waals surface area contributed by atoms with E-state index in [2.05, 4.69) is 20.8 Å². The molecular weight excluding hydrogens is 377 g/mol. The van der Waals surface area contributed by atoms with Crippen molar-refractivity contribution in [3.63, 3.8) is 0 Å². The molecule has 26 heavy (non-hydrogen) atoms. The van der Waals surface area contributed by atoms with Crippen LogP contribution in [-0.4, -0.2) is 15.9 Å². The number of hydrogen-bond acceptors (Lipinski definition) is 6. The van der Waals surface area contributed by atoms with Crippen LogP contribution in [0, 0.1) is 5.82 Å². The van der Waals surface area contributed by atoms with E-state index in [0.717, 1.165) is 4.90 Å². The number of amides is 1. The van der Waals surface area contributed by atoms with Crippen LogP contribution in [0.15, 0.2) is 64.8 Å². The molecule has 0 saturated carbocycles. The molecule has 1 amide bonds. The second-order valence-electron chi connectivity index (χ2n) is 5.08. The number of nitrogens with zero attached hydrogens (tertiary/aromatic N) is 2. The van der Waals surface area contributed by atoms with Crippen LogP contribution in [0.4, 0.5) is 15.9 Å². The highest BCUT2D eigenvalue weighted by molar-refractivity contribution is 7.99. The van der Waals surface area contributed by atoms with Crippen molar-refractivity contribution in [1.82, 2.24) is 15.4 Å². The Bertz CT molecular complexity index is 921. The molecule has 0 aliphatic carbocycles. The fourth-order valence-electron chi connectivity index (χ4n) is 1.96. The molecule has 0 saturated heterocycles. The Labute approximate surface area is 158 Å². The van der Waals surface area contributed by atoms with Crippen molar-refractivity contribution in [2.75, 3.05) is 11.2 Å². The molecule has 0 atom stereocenters. The van der Waals surface area contributed by atoms with Crippen LogP contribution in [0.25, 0.3) is 0 Å². The van der Waals surface area contributed by atoms with Gasteiger partial charge in [-0.3, -0.25) is 15.6 Å². The molecule has 3 rings (SSSR count). The molecule has 0 aliphatic heterocycles. The molecule has 0 radical (unpaired) electrons. The number of nitrogens with two attached hydrogens (primary N) is 1. The Morgan fingerprint density at radius 3 is 2.46 bits per heavy atom. The van der Waals surface area contributed by atoms with Gasteiger partial charge >= 0.3 is 0 Å². The molecule has 4 N–H and O–H groups in total. The van der Waals surface area contributed by atoms with Crippen LogP contribution < -0.4 is 16.6 Å². The minimum Gasteiger partial charge on any atom is -0.393 e. The highest BCUT2D eigenvalue weighted by atomic mass is 35.5. The van der Waals surface area contributed by atoms with E-state index in [1.807, 2.05) is 12.1 Å². The third-order valence-corrected chi connectivity index (χ3v) is 4.55. The molecule has 0 aliphatic rings. The van der Waals surface area contributed by atoms with Gasteiger partial charge in [-0.05, 0) is 48.5 Å². The molecule has 132 valence electrons. The summed E-state index contributed by atoms with van der Waals surface area (Å²) in [6.07, 6.45) is 1.33. The van der Waals surface area contributed by atoms with Gasteiger partial charge in [-0.25, -0.2) is 14.4 Å². The fourth-order valence-corrected chi connectivity index (χ4v) is 2.89. The maximum Gasteiger partial charge on any atom is 0.269 e. The first-order chi connectivity index (χ1) is 12.5. The lowest BCUT2D eigenvalue weighted by Crippen LogP contribution is -2.30. The lowest BCUT2D eigenvalue weighted by Gasteiger charge is -2.12. The molecule has 2 aromatic carbocycles. The van der Waals surface area contributed by atoms with Gasteiger partial charge in [-0.2, -0.15) is 0 Å². The van der Waals surface area contributed by atoms with Crippen LogP contribution in [-0.2, 0) is 0 Å². The number of hydrazine groups is 1. The number of carbonyl (C=O) groups is 1. The first-order valence-corrected chi connectivity index (χ1v) is 8.58. The van der Waals surface area contributed by atoms with E-state index in [4.69, 9.17) is 17.3 Å². The van der Waals surface area contributed by atoms with Crippen LogP contribution in [0.3, 0.4) is 0 Å². The van der Waals surface area contributed by atoms with E-state index >= 15 is 0 Å². The highest BCUT2D eigenvalue weighted by Gasteiger charge is 2.11. The van der Waals surface area contributed by atoms with Crippen LogP contribution in [0.5, 0.6) is 0 Å². The summed E-state index contributed by atoms with van der Waals surface area (Å²) in [5.74, 6) is -0.611. The van der Waals surface area contributed by atoms with Crippen molar-refractivity contribution < 1.29 is 9.18 Å². The molecular formula is C17H13ClFN5OS. The van der Waals surface area contributed by atoms with Gasteiger partial charge in [0.1, 0.15) is 22.9 Å². The predicted molar refractivity (Wildman–Crippen MR) is 99.5 cm³/mol. The maximum absolute atomic E-state index is 12.9. The van der Waals surface area contributed by atoms with Gasteiger partial charge in [0.2, 0.25) is 0 Å². The number of rotatable bonds is 5. The zero-order chi connectivity index (χ0) is 18.5. The Balaban J connectivity index is 1.69. The van der Waals surface area contributed by atoms with E-state index in [-0.39, 0.29) is 11.5 Å². The number of aromatic nitrogens is 2. The summed E-state index contributed by atoms with van der Waals surface area (Å²) in [5, 5.41) is 1.16. The summed E-state index contributed by atoms with van der Waals surface area (Å²) in [4.78, 5) is 21.1. The first kappa shape index (κ1) is 18.0. The average molecular weight is 390 g/mol. The molecule has 1 aromatic heterocycles. The van der Waals surface area contributed by atoms with E-state index in [0.29, 0.717) is 15.6 Å². The smallest absolute Gasteiger partial charge is 0.269 e. The van der Waals surface area contributed by atoms with Gasteiger partial charge in [0.25, 0.3) is 5.91 Å². The Hall–Kier alpha value is -2.84. The van der Waals surface area contributed by atoms with Crippen molar-refractivity contribution >= 4 is 40.8 Å². The fraction of sp³-hybridized carbons (Fsp3) is 0. The quantitative estimate of drug-likeness (QED) is 0.454. The number of anilines is 2. The second-order valence-corrected chi connectivity index (χ2v) is 6.58. The van der Waals surface area contributed by atoms with Crippen molar-refractivity contribution in [1.29, 1.82) is 0 Å². The van der Waals surface area contributed by atoms with Gasteiger partial charge in [0.15, 0.2) is 5.82 Å². The van der Waals surface area contributed by atoms with Gasteiger partial charge in [0.05, 0.1) is 0 Å². The van der Waals surface area contributed by atoms with Crippen molar-refractivity contribution in [2.24, 2.45) is 0 Å². The van der Waals surface area contributed by atoms with Gasteiger partial charge in [-0.1, -0.05) is 23.4 Å². The summed E-state index contributed by atoms with van der Waals surface area (Å²) in [6, 6.07) is 12.4. The molecule has 6 nitrogen and oxygen atoms in total. The zero-order valence-corrected chi connectivity index (χ0v) is 14.8. The van der Waals surface area contributed by atoms with E-state index in [9.17, 15) is 9.18 Å². The summed E-state index contributed by atoms with van der Waals surface area (Å²) in [7, 11) is 0. The monoisotopic (exact) mass is 389 g/mol. The van der Waals surface area contributed by atoms with Crippen LogP contribution >= 0.6 is 23.4 Å². The van der Waals surface area contributed by atoms with Crippen LogP contribution in [0.1, 0.15) is 10.4 Å². The average Bonchev–Trinajstić information content (AvgIpc) is 2.64. The molecule has 3 aromatic rings. The normalized spacial score (nSPS) is 10.4. The molecule has 0 fully saturated rings. The van der Waals surface area contributed by atoms with E-state index in [1.54, 1.807) is 12.1 Å². The maximum atomic E-state index is 12.9. The number of hydrogen-bond donors (Lipinski definition) is 3. The molecule has 0 unspecified atom stereocenters. The molecule has 9 heteroatoms. The molecule has 0 bridgehead atoms. The lowest BCUT2D eigenvalue weighted by atomic mass is 10.2. The first-order valence-electron chi connectivity index (χ1n) is 7.39. The van der Waals surface area contributed by atoms with Crippen molar-refractivity contribution in [3.8, 4) is 0 Å². The third-order valence-electron chi connectivity index (χ3n) is 3.28. The van der Waals surface area contributed by atoms with Gasteiger partial charge in [-0.15, -0.1) is 0 Å². The summed E-state index contributed by atoms with van der Waals surface area (Å²) < 4.78 is 12.9. The SMILES string of the molecule is Nc1c(NNC(=O)c2ccc(F)cc2)ncnc1Sc1ccc(Cl)cc1. The number of nitrogen functional groups attached to an aromatic ring is 1. The van der Waals surface area contributed by atoms with Gasteiger partial charge in [0, 0.05) is 15.5 Å². The summed E-state index contributed by atoms with van der Waals surface area (Å²) in [6.45, 7) is 0. The highest BCUT2D eigenvalue weighted by Crippen LogP contribution is 2.33. The summed E-state index contributed by atoms with van der Waals surface area (Å²) >= 11 is 7.21. The largest absolute Gasteiger partial charge is 0.393 e. The minimum absolute atomic E-state index is 0.256. The van der Waals surface area contributed by atoms with E-state index in [1.165, 1.54) is 42.4 Å². The molecule has 1 heterocycles. The van der Waals surface area contributed by atoms with Crippen LogP contribution in [0.2, 0.25) is 5.02 Å². The Morgan fingerprint density at radius 1 is 1.08 bits per heavy atom. The predicted octanol–water partition coefficient (Wildman–Crippen LogP) is 3.76. The number of carbonyl (C=O) groups excluding carboxylic acids is 1. The van der Waals surface area contributed by atoms with Crippen molar-refractivity contribution in [3.05, 3.63) is 71.3 Å². The van der Waals surface area contributed by atoms with Gasteiger partial charge < -0.3 is 5.73 Å². The third kappa shape index (κ3) is 4.41. The zero-order valence-electron chi connectivity index (χ0n) is 13.2. The standard InChI is InChI=1S/C17H13ClFN5OS/c18-11-3-7-13(8-4-11)26-17-14(20)15(21-9-22-17)23-24-16(25)10-1-5-12(19)6-2-10/h1-9H,20H2,(H,24,25)(H,21,22,23). The number of nitrogens with one attached hydrogen (secondary N) is 2. The number of halogens is 2.